The second-order valence-corrected chi connectivity index (χ2v) is 4.61. The Bertz CT molecular complexity index is 404. The number of hydrogen-bond donors (Lipinski definition) is 1. The van der Waals surface area contributed by atoms with Crippen molar-refractivity contribution in [2.45, 2.75) is 13.3 Å². The van der Waals surface area contributed by atoms with Gasteiger partial charge in [0.25, 0.3) is 0 Å². The Morgan fingerprint density at radius 3 is 2.94 bits per heavy atom. The fourth-order valence-corrected chi connectivity index (χ4v) is 1.68. The molecule has 1 aromatic carbocycles. The molecule has 0 saturated carbocycles. The van der Waals surface area contributed by atoms with Crippen LogP contribution in [0.1, 0.15) is 18.9 Å². The highest BCUT2D eigenvalue weighted by Gasteiger charge is 1.95. The highest BCUT2D eigenvalue weighted by molar-refractivity contribution is 9.10. The summed E-state index contributed by atoms with van der Waals surface area (Å²) in [5.74, 6) is 0.00244. The number of hydrogen-bond acceptors (Lipinski definition) is 1. The lowest BCUT2D eigenvalue weighted by Gasteiger charge is -1.99. The van der Waals surface area contributed by atoms with Gasteiger partial charge in [-0.1, -0.05) is 29.8 Å². The van der Waals surface area contributed by atoms with E-state index in [1.807, 2.05) is 30.4 Å². The molecule has 0 atom stereocenters. The van der Waals surface area contributed by atoms with Gasteiger partial charge in [0, 0.05) is 17.9 Å². The maximum Gasteiger partial charge on any atom is 0.216 e. The van der Waals surface area contributed by atoms with E-state index >= 15 is 0 Å². The third-order valence-electron chi connectivity index (χ3n) is 1.94. The van der Waals surface area contributed by atoms with Crippen molar-refractivity contribution in [1.29, 1.82) is 0 Å². The molecule has 0 fully saturated rings. The second kappa shape index (κ2) is 6.71. The molecule has 2 nitrogen and oxygen atoms in total. The quantitative estimate of drug-likeness (QED) is 0.845. The lowest BCUT2D eigenvalue weighted by Crippen LogP contribution is -2.20. The molecule has 1 aromatic rings. The standard InChI is InChI=1S/C12H13BrClNO/c1-9(16)15-7-3-2-4-10-5-6-12(14)11(13)8-10/h2,4-6,8H,3,7H2,1H3,(H,15,16). The van der Waals surface area contributed by atoms with Crippen molar-refractivity contribution in [3.8, 4) is 0 Å². The smallest absolute Gasteiger partial charge is 0.216 e. The number of amides is 1. The van der Waals surface area contributed by atoms with Crippen LogP contribution in [0.3, 0.4) is 0 Å². The predicted molar refractivity (Wildman–Crippen MR) is 71.5 cm³/mol. The van der Waals surface area contributed by atoms with Crippen LogP contribution < -0.4 is 5.32 Å². The van der Waals surface area contributed by atoms with Crippen LogP contribution in [0, 0.1) is 0 Å². The summed E-state index contributed by atoms with van der Waals surface area (Å²) in [6.07, 6.45) is 4.84. The SMILES string of the molecule is CC(=O)NCCC=Cc1ccc(Cl)c(Br)c1. The molecule has 0 saturated heterocycles. The molecule has 0 aromatic heterocycles. The first-order valence-corrected chi connectivity index (χ1v) is 6.12. The summed E-state index contributed by atoms with van der Waals surface area (Å²) in [7, 11) is 0. The van der Waals surface area contributed by atoms with Crippen LogP contribution in [-0.4, -0.2) is 12.5 Å². The average Bonchev–Trinajstić information content (AvgIpc) is 2.22. The van der Waals surface area contributed by atoms with Crippen LogP contribution in [0.15, 0.2) is 28.7 Å². The summed E-state index contributed by atoms with van der Waals surface area (Å²) in [4.78, 5) is 10.6. The molecular formula is C12H13BrClNO. The number of halogens is 2. The fraction of sp³-hybridized carbons (Fsp3) is 0.250. The number of rotatable bonds is 4. The summed E-state index contributed by atoms with van der Waals surface area (Å²) in [6, 6.07) is 5.75. The van der Waals surface area contributed by atoms with Crippen molar-refractivity contribution >= 4 is 39.5 Å². The van der Waals surface area contributed by atoms with E-state index in [4.69, 9.17) is 11.6 Å². The predicted octanol–water partition coefficient (Wildman–Crippen LogP) is 3.64. The van der Waals surface area contributed by atoms with E-state index in [2.05, 4.69) is 21.2 Å². The second-order valence-electron chi connectivity index (χ2n) is 3.35. The summed E-state index contributed by atoms with van der Waals surface area (Å²) in [6.45, 7) is 2.18. The molecule has 0 aliphatic carbocycles. The Hall–Kier alpha value is -0.800. The zero-order chi connectivity index (χ0) is 12.0. The number of nitrogens with one attached hydrogen (secondary N) is 1. The molecule has 0 bridgehead atoms. The van der Waals surface area contributed by atoms with Gasteiger partial charge in [0.2, 0.25) is 5.91 Å². The Balaban J connectivity index is 2.44. The van der Waals surface area contributed by atoms with E-state index in [1.165, 1.54) is 6.92 Å². The van der Waals surface area contributed by atoms with E-state index in [0.29, 0.717) is 11.6 Å². The van der Waals surface area contributed by atoms with Gasteiger partial charge in [-0.05, 0) is 40.0 Å². The van der Waals surface area contributed by atoms with E-state index in [-0.39, 0.29) is 5.91 Å². The summed E-state index contributed by atoms with van der Waals surface area (Å²) >= 11 is 9.25. The van der Waals surface area contributed by atoms with Crippen molar-refractivity contribution in [3.63, 3.8) is 0 Å². The van der Waals surface area contributed by atoms with Gasteiger partial charge in [0.05, 0.1) is 5.02 Å². The lowest BCUT2D eigenvalue weighted by atomic mass is 10.2. The molecule has 0 aliphatic heterocycles. The maximum atomic E-state index is 10.6. The van der Waals surface area contributed by atoms with Crippen molar-refractivity contribution in [2.75, 3.05) is 6.54 Å². The zero-order valence-electron chi connectivity index (χ0n) is 8.97. The Morgan fingerprint density at radius 1 is 1.56 bits per heavy atom. The van der Waals surface area contributed by atoms with Gasteiger partial charge in [0.1, 0.15) is 0 Å². The first-order chi connectivity index (χ1) is 7.59. The van der Waals surface area contributed by atoms with Crippen LogP contribution >= 0.6 is 27.5 Å². The minimum absolute atomic E-state index is 0.00244. The van der Waals surface area contributed by atoms with Crippen molar-refractivity contribution < 1.29 is 4.79 Å². The molecule has 0 radical (unpaired) electrons. The molecule has 0 spiro atoms. The first-order valence-electron chi connectivity index (χ1n) is 4.95. The zero-order valence-corrected chi connectivity index (χ0v) is 11.3. The minimum atomic E-state index is 0.00244. The Labute approximate surface area is 109 Å². The third kappa shape index (κ3) is 4.81. The highest BCUT2D eigenvalue weighted by Crippen LogP contribution is 2.23. The molecule has 1 N–H and O–H groups in total. The largest absolute Gasteiger partial charge is 0.356 e. The van der Waals surface area contributed by atoms with Crippen molar-refractivity contribution in [1.82, 2.24) is 5.32 Å². The molecule has 16 heavy (non-hydrogen) atoms. The molecule has 4 heteroatoms. The van der Waals surface area contributed by atoms with Gasteiger partial charge < -0.3 is 5.32 Å². The lowest BCUT2D eigenvalue weighted by molar-refractivity contribution is -0.118. The van der Waals surface area contributed by atoms with Gasteiger partial charge >= 0.3 is 0 Å². The van der Waals surface area contributed by atoms with Gasteiger partial charge in [-0.25, -0.2) is 0 Å². The van der Waals surface area contributed by atoms with E-state index in [0.717, 1.165) is 16.5 Å². The van der Waals surface area contributed by atoms with E-state index in [1.54, 1.807) is 0 Å². The molecule has 0 unspecified atom stereocenters. The fourth-order valence-electron chi connectivity index (χ4n) is 1.17. The summed E-state index contributed by atoms with van der Waals surface area (Å²) < 4.78 is 0.887. The number of benzene rings is 1. The third-order valence-corrected chi connectivity index (χ3v) is 3.15. The molecular weight excluding hydrogens is 289 g/mol. The first kappa shape index (κ1) is 13.3. The minimum Gasteiger partial charge on any atom is -0.356 e. The summed E-state index contributed by atoms with van der Waals surface area (Å²) in [5, 5.41) is 3.44. The van der Waals surface area contributed by atoms with Gasteiger partial charge in [-0.3, -0.25) is 4.79 Å². The van der Waals surface area contributed by atoms with Crippen molar-refractivity contribution in [2.24, 2.45) is 0 Å². The van der Waals surface area contributed by atoms with Crippen LogP contribution in [0.5, 0.6) is 0 Å². The Morgan fingerprint density at radius 2 is 2.31 bits per heavy atom. The van der Waals surface area contributed by atoms with Crippen molar-refractivity contribution in [3.05, 3.63) is 39.3 Å². The van der Waals surface area contributed by atoms with E-state index < -0.39 is 0 Å². The van der Waals surface area contributed by atoms with Crippen LogP contribution in [0.4, 0.5) is 0 Å². The highest BCUT2D eigenvalue weighted by atomic mass is 79.9. The topological polar surface area (TPSA) is 29.1 Å². The van der Waals surface area contributed by atoms with Crippen LogP contribution in [-0.2, 0) is 4.79 Å². The number of carbonyl (C=O) groups is 1. The monoisotopic (exact) mass is 301 g/mol. The normalized spacial score (nSPS) is 10.7. The molecule has 86 valence electrons. The van der Waals surface area contributed by atoms with Crippen LogP contribution in [0.25, 0.3) is 6.08 Å². The van der Waals surface area contributed by atoms with Gasteiger partial charge in [-0.15, -0.1) is 0 Å². The average molecular weight is 303 g/mol. The molecule has 0 aliphatic rings. The van der Waals surface area contributed by atoms with E-state index in [9.17, 15) is 4.79 Å². The molecule has 0 heterocycles. The number of carbonyl (C=O) groups excluding carboxylic acids is 1. The molecule has 1 amide bonds. The van der Waals surface area contributed by atoms with Gasteiger partial charge in [0.15, 0.2) is 0 Å². The summed E-state index contributed by atoms with van der Waals surface area (Å²) in [5.41, 5.74) is 1.08. The van der Waals surface area contributed by atoms with Crippen LogP contribution in [0.2, 0.25) is 5.02 Å². The maximum absolute atomic E-state index is 10.6. The Kier molecular flexibility index (Phi) is 5.56. The molecule has 1 rings (SSSR count). The van der Waals surface area contributed by atoms with Gasteiger partial charge in [-0.2, -0.15) is 0 Å².